The minimum atomic E-state index is -0.184. The summed E-state index contributed by atoms with van der Waals surface area (Å²) in [6, 6.07) is 7.36. The molecule has 0 radical (unpaired) electrons. The molecule has 0 fully saturated rings. The lowest BCUT2D eigenvalue weighted by Crippen LogP contribution is -2.29. The Kier molecular flexibility index (Phi) is 7.96. The zero-order chi connectivity index (χ0) is 12.0. The summed E-state index contributed by atoms with van der Waals surface area (Å²) in [6.07, 6.45) is 0.800. The molecule has 1 amide bonds. The van der Waals surface area contributed by atoms with Crippen LogP contribution >= 0.6 is 24.0 Å². The number of carbonyl (C=O) groups excluding carboxylic acids is 1. The van der Waals surface area contributed by atoms with Gasteiger partial charge >= 0.3 is 0 Å². The third-order valence-corrected chi connectivity index (χ3v) is 2.66. The Morgan fingerprint density at radius 3 is 2.82 bits per heavy atom. The number of hydrogen-bond donors (Lipinski definition) is 2. The van der Waals surface area contributed by atoms with Crippen molar-refractivity contribution < 1.29 is 4.79 Å². The first-order valence-electron chi connectivity index (χ1n) is 5.38. The lowest BCUT2D eigenvalue weighted by molar-refractivity contribution is -0.122. The van der Waals surface area contributed by atoms with E-state index in [1.54, 1.807) is 6.07 Å². The van der Waals surface area contributed by atoms with Crippen molar-refractivity contribution in [2.75, 3.05) is 13.1 Å². The molecule has 0 aliphatic carbocycles. The Morgan fingerprint density at radius 1 is 1.53 bits per heavy atom. The molecule has 0 bridgehead atoms. The maximum atomic E-state index is 11.7. The molecule has 1 unspecified atom stereocenters. The molecular formula is C12H18Cl2N2O. The highest BCUT2D eigenvalue weighted by molar-refractivity contribution is 6.30. The van der Waals surface area contributed by atoms with Crippen LogP contribution in [0.2, 0.25) is 5.02 Å². The Balaban J connectivity index is 0.00000256. The van der Waals surface area contributed by atoms with Crippen LogP contribution in [0.1, 0.15) is 24.8 Å². The van der Waals surface area contributed by atoms with Crippen molar-refractivity contribution in [2.45, 2.75) is 19.3 Å². The van der Waals surface area contributed by atoms with E-state index >= 15 is 0 Å². The van der Waals surface area contributed by atoms with Crippen molar-refractivity contribution in [3.8, 4) is 0 Å². The molecular weight excluding hydrogens is 259 g/mol. The van der Waals surface area contributed by atoms with Gasteiger partial charge in [0.15, 0.2) is 0 Å². The van der Waals surface area contributed by atoms with Gasteiger partial charge in [-0.3, -0.25) is 4.79 Å². The van der Waals surface area contributed by atoms with E-state index < -0.39 is 0 Å². The molecule has 0 saturated carbocycles. The van der Waals surface area contributed by atoms with Crippen molar-refractivity contribution >= 4 is 29.9 Å². The summed E-state index contributed by atoms with van der Waals surface area (Å²) in [5.74, 6) is -0.174. The first kappa shape index (κ1) is 16.2. The van der Waals surface area contributed by atoms with Crippen molar-refractivity contribution in [1.82, 2.24) is 5.32 Å². The van der Waals surface area contributed by atoms with Gasteiger partial charge in [-0.05, 0) is 37.6 Å². The van der Waals surface area contributed by atoms with Crippen LogP contribution in [0.5, 0.6) is 0 Å². The van der Waals surface area contributed by atoms with Gasteiger partial charge in [0.2, 0.25) is 5.91 Å². The molecule has 3 nitrogen and oxygen atoms in total. The molecule has 0 saturated heterocycles. The first-order chi connectivity index (χ1) is 7.65. The minimum absolute atomic E-state index is 0. The molecule has 5 heteroatoms. The highest BCUT2D eigenvalue weighted by Gasteiger charge is 2.14. The van der Waals surface area contributed by atoms with Crippen LogP contribution in [0.3, 0.4) is 0 Å². The monoisotopic (exact) mass is 276 g/mol. The number of benzene rings is 1. The van der Waals surface area contributed by atoms with Crippen molar-refractivity contribution in [3.05, 3.63) is 34.9 Å². The van der Waals surface area contributed by atoms with Crippen LogP contribution in [0.15, 0.2) is 24.3 Å². The van der Waals surface area contributed by atoms with Gasteiger partial charge in [0, 0.05) is 11.6 Å². The van der Waals surface area contributed by atoms with Gasteiger partial charge in [0.25, 0.3) is 0 Å². The number of rotatable bonds is 5. The summed E-state index contributed by atoms with van der Waals surface area (Å²) in [5, 5.41) is 3.49. The fourth-order valence-electron chi connectivity index (χ4n) is 1.39. The number of nitrogens with one attached hydrogen (secondary N) is 1. The quantitative estimate of drug-likeness (QED) is 0.812. The highest BCUT2D eigenvalue weighted by Crippen LogP contribution is 2.19. The Morgan fingerprint density at radius 2 is 2.24 bits per heavy atom. The Bertz CT molecular complexity index is 358. The fourth-order valence-corrected chi connectivity index (χ4v) is 1.59. The number of halogens is 2. The summed E-state index contributed by atoms with van der Waals surface area (Å²) in [5.41, 5.74) is 6.28. The zero-order valence-corrected chi connectivity index (χ0v) is 11.4. The van der Waals surface area contributed by atoms with E-state index in [-0.39, 0.29) is 24.2 Å². The topological polar surface area (TPSA) is 55.1 Å². The van der Waals surface area contributed by atoms with Crippen LogP contribution in [0, 0.1) is 0 Å². The molecule has 1 atom stereocenters. The smallest absolute Gasteiger partial charge is 0.227 e. The second-order valence-corrected chi connectivity index (χ2v) is 4.15. The summed E-state index contributed by atoms with van der Waals surface area (Å²) in [6.45, 7) is 3.08. The van der Waals surface area contributed by atoms with Crippen molar-refractivity contribution in [1.29, 1.82) is 0 Å². The Hall–Kier alpha value is -0.770. The van der Waals surface area contributed by atoms with Gasteiger partial charge in [-0.1, -0.05) is 23.7 Å². The Labute approximate surface area is 113 Å². The number of carbonyl (C=O) groups is 1. The fraction of sp³-hybridized carbons (Fsp3) is 0.417. The summed E-state index contributed by atoms with van der Waals surface area (Å²) in [4.78, 5) is 11.7. The molecule has 0 heterocycles. The third kappa shape index (κ3) is 5.39. The normalized spacial score (nSPS) is 11.5. The predicted octanol–water partition coefficient (Wildman–Crippen LogP) is 2.33. The lowest BCUT2D eigenvalue weighted by atomic mass is 10.0. The third-order valence-electron chi connectivity index (χ3n) is 2.42. The summed E-state index contributed by atoms with van der Waals surface area (Å²) < 4.78 is 0. The van der Waals surface area contributed by atoms with Gasteiger partial charge in [0.1, 0.15) is 0 Å². The van der Waals surface area contributed by atoms with Gasteiger partial charge in [-0.2, -0.15) is 0 Å². The average Bonchev–Trinajstić information content (AvgIpc) is 2.28. The molecule has 0 aromatic heterocycles. The SMILES string of the molecule is CC(C(=O)NCCCN)c1cccc(Cl)c1.Cl. The highest BCUT2D eigenvalue weighted by atomic mass is 35.5. The van der Waals surface area contributed by atoms with E-state index in [4.69, 9.17) is 17.3 Å². The van der Waals surface area contributed by atoms with Crippen molar-refractivity contribution in [3.63, 3.8) is 0 Å². The van der Waals surface area contributed by atoms with E-state index in [2.05, 4.69) is 5.32 Å². The van der Waals surface area contributed by atoms with E-state index in [0.717, 1.165) is 12.0 Å². The molecule has 1 rings (SSSR count). The van der Waals surface area contributed by atoms with Crippen LogP contribution in [-0.4, -0.2) is 19.0 Å². The maximum Gasteiger partial charge on any atom is 0.227 e. The molecule has 0 aliphatic rings. The molecule has 0 spiro atoms. The molecule has 3 N–H and O–H groups in total. The zero-order valence-electron chi connectivity index (χ0n) is 9.78. The van der Waals surface area contributed by atoms with Crippen LogP contribution in [0.25, 0.3) is 0 Å². The number of amides is 1. The minimum Gasteiger partial charge on any atom is -0.356 e. The van der Waals surface area contributed by atoms with E-state index in [1.807, 2.05) is 25.1 Å². The van der Waals surface area contributed by atoms with E-state index in [1.165, 1.54) is 0 Å². The standard InChI is InChI=1S/C12H17ClN2O.ClH/c1-9(12(16)15-7-3-6-14)10-4-2-5-11(13)8-10;/h2,4-5,8-9H,3,6-7,14H2,1H3,(H,15,16);1H. The number of nitrogens with two attached hydrogens (primary N) is 1. The second kappa shape index (κ2) is 8.34. The number of hydrogen-bond acceptors (Lipinski definition) is 2. The van der Waals surface area contributed by atoms with Gasteiger partial charge in [0.05, 0.1) is 5.92 Å². The lowest BCUT2D eigenvalue weighted by Gasteiger charge is -2.12. The molecule has 96 valence electrons. The summed E-state index contributed by atoms with van der Waals surface area (Å²) >= 11 is 5.87. The van der Waals surface area contributed by atoms with Gasteiger partial charge in [-0.25, -0.2) is 0 Å². The van der Waals surface area contributed by atoms with Gasteiger partial charge < -0.3 is 11.1 Å². The predicted molar refractivity (Wildman–Crippen MR) is 73.8 cm³/mol. The largest absolute Gasteiger partial charge is 0.356 e. The van der Waals surface area contributed by atoms with Gasteiger partial charge in [-0.15, -0.1) is 12.4 Å². The molecule has 0 aliphatic heterocycles. The van der Waals surface area contributed by atoms with Crippen LogP contribution in [0.4, 0.5) is 0 Å². The van der Waals surface area contributed by atoms with E-state index in [9.17, 15) is 4.79 Å². The molecule has 1 aromatic carbocycles. The molecule has 1 aromatic rings. The van der Waals surface area contributed by atoms with Crippen LogP contribution in [-0.2, 0) is 4.79 Å². The van der Waals surface area contributed by atoms with Crippen LogP contribution < -0.4 is 11.1 Å². The second-order valence-electron chi connectivity index (χ2n) is 3.71. The first-order valence-corrected chi connectivity index (χ1v) is 5.76. The molecule has 17 heavy (non-hydrogen) atoms. The van der Waals surface area contributed by atoms with E-state index in [0.29, 0.717) is 18.1 Å². The maximum absolute atomic E-state index is 11.7. The average molecular weight is 277 g/mol. The summed E-state index contributed by atoms with van der Waals surface area (Å²) in [7, 11) is 0. The van der Waals surface area contributed by atoms with Crippen molar-refractivity contribution in [2.24, 2.45) is 5.73 Å².